The highest BCUT2D eigenvalue weighted by Crippen LogP contribution is 2.14. The molecule has 0 saturated heterocycles. The summed E-state index contributed by atoms with van der Waals surface area (Å²) < 4.78 is 27.1. The van der Waals surface area contributed by atoms with E-state index in [0.29, 0.717) is 0 Å². The van der Waals surface area contributed by atoms with Crippen LogP contribution in [0.25, 0.3) is 0 Å². The number of carbonyl (C=O) groups is 3. The van der Waals surface area contributed by atoms with Gasteiger partial charge in [-0.25, -0.2) is 14.0 Å². The molecule has 0 saturated carbocycles. The molecule has 2 amide bonds. The third kappa shape index (κ3) is 6.37. The van der Waals surface area contributed by atoms with Gasteiger partial charge in [-0.15, -0.1) is 0 Å². The van der Waals surface area contributed by atoms with Gasteiger partial charge in [0, 0.05) is 0 Å². The van der Waals surface area contributed by atoms with Crippen LogP contribution in [0, 0.1) is 5.82 Å². The number of amides is 2. The number of ether oxygens (including phenoxy) is 3. The lowest BCUT2D eigenvalue weighted by molar-refractivity contribution is -0.150. The zero-order valence-corrected chi connectivity index (χ0v) is 11.3. The molecule has 0 unspecified atom stereocenters. The summed E-state index contributed by atoms with van der Waals surface area (Å²) in [6.07, 6.45) is -0.929. The van der Waals surface area contributed by atoms with Crippen LogP contribution < -0.4 is 10.1 Å². The van der Waals surface area contributed by atoms with E-state index < -0.39 is 37.0 Å². The molecule has 0 aromatic heterocycles. The summed E-state index contributed by atoms with van der Waals surface area (Å²) in [6, 6.07) is 5.53. The van der Waals surface area contributed by atoms with Gasteiger partial charge in [0.1, 0.15) is 0 Å². The second-order valence-electron chi connectivity index (χ2n) is 3.65. The molecule has 0 bridgehead atoms. The number of para-hydroxylation sites is 1. The summed E-state index contributed by atoms with van der Waals surface area (Å²) in [6.45, 7) is 0.450. The monoisotopic (exact) mass is 299 g/mol. The average Bonchev–Trinajstić information content (AvgIpc) is 2.44. The van der Waals surface area contributed by atoms with Crippen LogP contribution in [-0.4, -0.2) is 37.8 Å². The number of esters is 1. The van der Waals surface area contributed by atoms with Gasteiger partial charge < -0.3 is 14.2 Å². The van der Waals surface area contributed by atoms with Gasteiger partial charge in [0.15, 0.2) is 24.8 Å². The fraction of sp³-hybridized carbons (Fsp3) is 0.308. The summed E-state index contributed by atoms with van der Waals surface area (Å²) in [5.41, 5.74) is 0. The Morgan fingerprint density at radius 1 is 1.14 bits per heavy atom. The molecule has 0 heterocycles. The zero-order chi connectivity index (χ0) is 15.7. The van der Waals surface area contributed by atoms with Crippen molar-refractivity contribution in [2.75, 3.05) is 19.8 Å². The molecule has 0 spiro atoms. The van der Waals surface area contributed by atoms with Gasteiger partial charge in [-0.2, -0.15) is 0 Å². The zero-order valence-electron chi connectivity index (χ0n) is 11.3. The van der Waals surface area contributed by atoms with Gasteiger partial charge >= 0.3 is 12.1 Å². The standard InChI is InChI=1S/C13H14FNO6/c1-2-19-13(18)15-11(16)7-21-12(17)8-20-10-6-4-3-5-9(10)14/h3-6H,2,7-8H2,1H3,(H,15,16,18). The maximum absolute atomic E-state index is 13.2. The maximum atomic E-state index is 13.2. The van der Waals surface area contributed by atoms with Crippen LogP contribution in [0.3, 0.4) is 0 Å². The van der Waals surface area contributed by atoms with Crippen LogP contribution in [0.1, 0.15) is 6.92 Å². The van der Waals surface area contributed by atoms with Crippen molar-refractivity contribution in [2.45, 2.75) is 6.92 Å². The van der Waals surface area contributed by atoms with Crippen molar-refractivity contribution < 1.29 is 33.0 Å². The molecule has 8 heteroatoms. The van der Waals surface area contributed by atoms with E-state index in [2.05, 4.69) is 9.47 Å². The molecule has 0 aliphatic carbocycles. The first kappa shape index (κ1) is 16.4. The normalized spacial score (nSPS) is 9.62. The lowest BCUT2D eigenvalue weighted by Gasteiger charge is -2.07. The number of halogens is 1. The van der Waals surface area contributed by atoms with Crippen molar-refractivity contribution in [3.63, 3.8) is 0 Å². The molecular formula is C13H14FNO6. The summed E-state index contributed by atoms with van der Waals surface area (Å²) >= 11 is 0. The molecule has 114 valence electrons. The highest BCUT2D eigenvalue weighted by Gasteiger charge is 2.12. The van der Waals surface area contributed by atoms with Gasteiger partial charge in [0.2, 0.25) is 0 Å². The third-order valence-electron chi connectivity index (χ3n) is 2.06. The molecule has 1 N–H and O–H groups in total. The number of benzene rings is 1. The Kier molecular flexibility index (Phi) is 6.66. The largest absolute Gasteiger partial charge is 0.479 e. The summed E-state index contributed by atoms with van der Waals surface area (Å²) in [5, 5.41) is 1.84. The molecule has 1 aromatic carbocycles. The lowest BCUT2D eigenvalue weighted by atomic mass is 10.3. The highest BCUT2D eigenvalue weighted by atomic mass is 19.1. The van der Waals surface area contributed by atoms with Crippen LogP contribution in [0.4, 0.5) is 9.18 Å². The minimum Gasteiger partial charge on any atom is -0.479 e. The van der Waals surface area contributed by atoms with Crippen LogP contribution in [-0.2, 0) is 19.1 Å². The van der Waals surface area contributed by atoms with Crippen molar-refractivity contribution in [2.24, 2.45) is 0 Å². The Labute approximate surface area is 120 Å². The number of alkyl carbamates (subject to hydrolysis) is 1. The fourth-order valence-electron chi connectivity index (χ4n) is 1.20. The third-order valence-corrected chi connectivity index (χ3v) is 2.06. The summed E-state index contributed by atoms with van der Waals surface area (Å²) in [4.78, 5) is 33.3. The molecule has 0 radical (unpaired) electrons. The number of hydrogen-bond acceptors (Lipinski definition) is 6. The van der Waals surface area contributed by atoms with E-state index in [0.717, 1.165) is 0 Å². The van der Waals surface area contributed by atoms with E-state index in [1.807, 2.05) is 5.32 Å². The Morgan fingerprint density at radius 3 is 2.52 bits per heavy atom. The molecule has 7 nitrogen and oxygen atoms in total. The highest BCUT2D eigenvalue weighted by molar-refractivity contribution is 5.93. The molecule has 0 atom stereocenters. The van der Waals surface area contributed by atoms with E-state index >= 15 is 0 Å². The fourth-order valence-corrected chi connectivity index (χ4v) is 1.20. The maximum Gasteiger partial charge on any atom is 0.413 e. The molecular weight excluding hydrogens is 285 g/mol. The molecule has 0 aliphatic heterocycles. The topological polar surface area (TPSA) is 90.9 Å². The molecule has 1 rings (SSSR count). The Morgan fingerprint density at radius 2 is 1.86 bits per heavy atom. The van der Waals surface area contributed by atoms with Crippen molar-refractivity contribution in [1.82, 2.24) is 5.32 Å². The second-order valence-corrected chi connectivity index (χ2v) is 3.65. The van der Waals surface area contributed by atoms with Crippen molar-refractivity contribution >= 4 is 18.0 Å². The summed E-state index contributed by atoms with van der Waals surface area (Å²) in [5.74, 6) is -2.44. The van der Waals surface area contributed by atoms with Gasteiger partial charge in [0.05, 0.1) is 6.61 Å². The Hall–Kier alpha value is -2.64. The van der Waals surface area contributed by atoms with E-state index in [-0.39, 0.29) is 12.4 Å². The van der Waals surface area contributed by atoms with Crippen molar-refractivity contribution in [3.05, 3.63) is 30.1 Å². The number of rotatable bonds is 6. The van der Waals surface area contributed by atoms with Gasteiger partial charge in [0.25, 0.3) is 5.91 Å². The first-order chi connectivity index (χ1) is 10.0. The molecule has 1 aromatic rings. The van der Waals surface area contributed by atoms with Gasteiger partial charge in [-0.3, -0.25) is 10.1 Å². The molecule has 21 heavy (non-hydrogen) atoms. The van der Waals surface area contributed by atoms with E-state index in [4.69, 9.17) is 4.74 Å². The van der Waals surface area contributed by atoms with Crippen molar-refractivity contribution in [3.8, 4) is 5.75 Å². The smallest absolute Gasteiger partial charge is 0.413 e. The van der Waals surface area contributed by atoms with E-state index in [1.54, 1.807) is 6.92 Å². The quantitative estimate of drug-likeness (QED) is 0.789. The SMILES string of the molecule is CCOC(=O)NC(=O)COC(=O)COc1ccccc1F. The predicted octanol–water partition coefficient (Wildman–Crippen LogP) is 1.02. The summed E-state index contributed by atoms with van der Waals surface area (Å²) in [7, 11) is 0. The van der Waals surface area contributed by atoms with E-state index in [1.165, 1.54) is 24.3 Å². The lowest BCUT2D eigenvalue weighted by Crippen LogP contribution is -2.35. The number of nitrogens with one attached hydrogen (secondary N) is 1. The van der Waals surface area contributed by atoms with Crippen LogP contribution in [0.2, 0.25) is 0 Å². The van der Waals surface area contributed by atoms with Gasteiger partial charge in [-0.1, -0.05) is 12.1 Å². The van der Waals surface area contributed by atoms with Crippen LogP contribution in [0.15, 0.2) is 24.3 Å². The average molecular weight is 299 g/mol. The number of imide groups is 1. The number of hydrogen-bond donors (Lipinski definition) is 1. The Balaban J connectivity index is 2.27. The molecule has 0 fully saturated rings. The van der Waals surface area contributed by atoms with Crippen LogP contribution in [0.5, 0.6) is 5.75 Å². The minimum absolute atomic E-state index is 0.106. The number of carbonyl (C=O) groups excluding carboxylic acids is 3. The minimum atomic E-state index is -0.929. The van der Waals surface area contributed by atoms with Gasteiger partial charge in [-0.05, 0) is 19.1 Å². The first-order valence-corrected chi connectivity index (χ1v) is 6.02. The Bertz CT molecular complexity index is 519. The van der Waals surface area contributed by atoms with E-state index in [9.17, 15) is 18.8 Å². The van der Waals surface area contributed by atoms with Crippen molar-refractivity contribution in [1.29, 1.82) is 0 Å². The predicted molar refractivity (Wildman–Crippen MR) is 68.0 cm³/mol. The van der Waals surface area contributed by atoms with Crippen LogP contribution >= 0.6 is 0 Å². The molecule has 0 aliphatic rings. The first-order valence-electron chi connectivity index (χ1n) is 6.02. The second kappa shape index (κ2) is 8.51.